The molecule has 1 saturated heterocycles. The van der Waals surface area contributed by atoms with Crippen molar-refractivity contribution in [1.29, 1.82) is 0 Å². The molecule has 1 fully saturated rings. The third kappa shape index (κ3) is 4.84. The molecule has 0 bridgehead atoms. The molecule has 7 heteroatoms. The number of carbonyl (C=O) groups is 1. The number of thiocarbonyl (C=S) groups is 1. The van der Waals surface area contributed by atoms with Crippen molar-refractivity contribution in [2.24, 2.45) is 0 Å². The van der Waals surface area contributed by atoms with Crippen LogP contribution in [0.2, 0.25) is 0 Å². The van der Waals surface area contributed by atoms with Gasteiger partial charge in [-0.25, -0.2) is 4.68 Å². The van der Waals surface area contributed by atoms with Gasteiger partial charge in [-0.1, -0.05) is 60.9 Å². The molecule has 0 saturated carbocycles. The number of hydrogen-bond donors (Lipinski definition) is 0. The Bertz CT molecular complexity index is 1260. The minimum Gasteiger partial charge on any atom is -0.489 e. The molecule has 0 atom stereocenters. The number of amides is 1. The molecule has 1 amide bonds. The molecular formula is C26H23N3O2S2. The zero-order valence-electron chi connectivity index (χ0n) is 18.2. The van der Waals surface area contributed by atoms with Gasteiger partial charge in [0.1, 0.15) is 22.4 Å². The molecule has 0 aliphatic carbocycles. The molecule has 0 unspecified atom stereocenters. The van der Waals surface area contributed by atoms with Gasteiger partial charge in [0, 0.05) is 23.9 Å². The molecule has 2 aromatic carbocycles. The van der Waals surface area contributed by atoms with E-state index >= 15 is 0 Å². The second kappa shape index (κ2) is 10.0. The van der Waals surface area contributed by atoms with Crippen LogP contribution in [0.5, 0.6) is 5.75 Å². The van der Waals surface area contributed by atoms with E-state index < -0.39 is 0 Å². The first-order valence-electron chi connectivity index (χ1n) is 10.4. The maximum Gasteiger partial charge on any atom is 0.266 e. The smallest absolute Gasteiger partial charge is 0.266 e. The van der Waals surface area contributed by atoms with Gasteiger partial charge in [0.05, 0.1) is 10.6 Å². The van der Waals surface area contributed by atoms with Gasteiger partial charge in [-0.05, 0) is 48.9 Å². The van der Waals surface area contributed by atoms with E-state index in [0.717, 1.165) is 33.8 Å². The van der Waals surface area contributed by atoms with Crippen molar-refractivity contribution < 1.29 is 9.53 Å². The van der Waals surface area contributed by atoms with E-state index in [1.165, 1.54) is 11.8 Å². The quantitative estimate of drug-likeness (QED) is 0.235. The molecular weight excluding hydrogens is 450 g/mol. The van der Waals surface area contributed by atoms with E-state index in [9.17, 15) is 4.79 Å². The van der Waals surface area contributed by atoms with Crippen LogP contribution < -0.4 is 4.74 Å². The standard InChI is InChI=1S/C26H23N3O2S2/c1-4-13-28-25(30)23(33-26(28)32)16-20-17-29(21-9-7-6-8-10-21)27-24(20)19-11-12-22(18(3)15-19)31-14-5-2/h4-12,15-17H,1-2,13-14H2,3H3/b23-16-. The predicted octanol–water partition coefficient (Wildman–Crippen LogP) is 5.80. The molecule has 0 radical (unpaired) electrons. The highest BCUT2D eigenvalue weighted by molar-refractivity contribution is 8.26. The number of aryl methyl sites for hydroxylation is 1. The maximum atomic E-state index is 12.9. The van der Waals surface area contributed by atoms with E-state index in [1.807, 2.05) is 72.4 Å². The summed E-state index contributed by atoms with van der Waals surface area (Å²) in [7, 11) is 0. The fourth-order valence-corrected chi connectivity index (χ4v) is 4.73. The van der Waals surface area contributed by atoms with E-state index in [-0.39, 0.29) is 5.91 Å². The van der Waals surface area contributed by atoms with Crippen LogP contribution in [0.15, 0.2) is 84.9 Å². The molecule has 0 N–H and O–H groups in total. The van der Waals surface area contributed by atoms with Gasteiger partial charge in [-0.3, -0.25) is 9.69 Å². The largest absolute Gasteiger partial charge is 0.489 e. The van der Waals surface area contributed by atoms with E-state index in [2.05, 4.69) is 13.2 Å². The Labute approximate surface area is 203 Å². The number of carbonyl (C=O) groups excluding carboxylic acids is 1. The number of ether oxygens (including phenoxy) is 1. The van der Waals surface area contributed by atoms with Crippen LogP contribution in [0.3, 0.4) is 0 Å². The van der Waals surface area contributed by atoms with Gasteiger partial charge in [-0.15, -0.1) is 6.58 Å². The van der Waals surface area contributed by atoms with Crippen LogP contribution in [-0.2, 0) is 4.79 Å². The Morgan fingerprint density at radius 1 is 1.15 bits per heavy atom. The maximum absolute atomic E-state index is 12.9. The molecule has 0 spiro atoms. The van der Waals surface area contributed by atoms with E-state index in [1.54, 1.807) is 17.1 Å². The fourth-order valence-electron chi connectivity index (χ4n) is 3.47. The summed E-state index contributed by atoms with van der Waals surface area (Å²) in [6.07, 6.45) is 7.19. The number of hydrogen-bond acceptors (Lipinski definition) is 5. The first-order valence-corrected chi connectivity index (χ1v) is 11.6. The molecule has 5 nitrogen and oxygen atoms in total. The lowest BCUT2D eigenvalue weighted by Gasteiger charge is -2.10. The lowest BCUT2D eigenvalue weighted by Crippen LogP contribution is -2.27. The number of para-hydroxylation sites is 1. The molecule has 2 heterocycles. The first kappa shape index (κ1) is 22.8. The van der Waals surface area contributed by atoms with Gasteiger partial charge >= 0.3 is 0 Å². The van der Waals surface area contributed by atoms with E-state index in [4.69, 9.17) is 22.1 Å². The topological polar surface area (TPSA) is 47.4 Å². The Morgan fingerprint density at radius 2 is 1.94 bits per heavy atom. The second-order valence-electron chi connectivity index (χ2n) is 7.37. The second-order valence-corrected chi connectivity index (χ2v) is 9.05. The normalized spacial score (nSPS) is 14.7. The van der Waals surface area contributed by atoms with Crippen LogP contribution in [-0.4, -0.2) is 38.1 Å². The monoisotopic (exact) mass is 473 g/mol. The third-order valence-electron chi connectivity index (χ3n) is 5.04. The van der Waals surface area contributed by atoms with Crippen LogP contribution >= 0.6 is 24.0 Å². The average Bonchev–Trinajstić information content (AvgIpc) is 3.36. The fraction of sp³-hybridized carbons (Fsp3) is 0.115. The number of aromatic nitrogens is 2. The highest BCUT2D eigenvalue weighted by Crippen LogP contribution is 2.35. The average molecular weight is 474 g/mol. The summed E-state index contributed by atoms with van der Waals surface area (Å²) in [4.78, 5) is 15.0. The summed E-state index contributed by atoms with van der Waals surface area (Å²) in [5, 5.41) is 4.86. The Morgan fingerprint density at radius 3 is 2.64 bits per heavy atom. The lowest BCUT2D eigenvalue weighted by molar-refractivity contribution is -0.121. The lowest BCUT2D eigenvalue weighted by atomic mass is 10.0. The van der Waals surface area contributed by atoms with Crippen molar-refractivity contribution >= 4 is 40.3 Å². The Balaban J connectivity index is 1.78. The van der Waals surface area contributed by atoms with Crippen molar-refractivity contribution in [3.63, 3.8) is 0 Å². The number of benzene rings is 2. The molecule has 1 aliphatic heterocycles. The number of rotatable bonds is 8. The molecule has 33 heavy (non-hydrogen) atoms. The van der Waals surface area contributed by atoms with E-state index in [0.29, 0.717) is 22.4 Å². The zero-order valence-corrected chi connectivity index (χ0v) is 19.9. The molecule has 1 aliphatic rings. The van der Waals surface area contributed by atoms with Crippen LogP contribution in [0.1, 0.15) is 11.1 Å². The Kier molecular flexibility index (Phi) is 6.91. The summed E-state index contributed by atoms with van der Waals surface area (Å²) < 4.78 is 8.07. The zero-order chi connectivity index (χ0) is 23.4. The van der Waals surface area contributed by atoms with Crippen LogP contribution in [0.4, 0.5) is 0 Å². The molecule has 1 aromatic heterocycles. The van der Waals surface area contributed by atoms with Crippen molar-refractivity contribution in [3.8, 4) is 22.7 Å². The summed E-state index contributed by atoms with van der Waals surface area (Å²) in [5.41, 5.74) is 4.46. The van der Waals surface area contributed by atoms with Gasteiger partial charge in [0.25, 0.3) is 5.91 Å². The van der Waals surface area contributed by atoms with Gasteiger partial charge in [-0.2, -0.15) is 5.10 Å². The van der Waals surface area contributed by atoms with Crippen molar-refractivity contribution in [2.75, 3.05) is 13.2 Å². The molecule has 4 rings (SSSR count). The third-order valence-corrected chi connectivity index (χ3v) is 6.42. The van der Waals surface area contributed by atoms with Gasteiger partial charge in [0.2, 0.25) is 0 Å². The SMILES string of the molecule is C=CCOc1ccc(-c2nn(-c3ccccc3)cc2/C=C2\SC(=S)N(CC=C)C2=O)cc1C. The first-order chi connectivity index (χ1) is 16.0. The number of thioether (sulfide) groups is 1. The summed E-state index contributed by atoms with van der Waals surface area (Å²) >= 11 is 6.68. The minimum absolute atomic E-state index is 0.118. The van der Waals surface area contributed by atoms with Gasteiger partial charge in [0.15, 0.2) is 0 Å². The van der Waals surface area contributed by atoms with Gasteiger partial charge < -0.3 is 4.74 Å². The highest BCUT2D eigenvalue weighted by atomic mass is 32.2. The van der Waals surface area contributed by atoms with Crippen molar-refractivity contribution in [3.05, 3.63) is 96.1 Å². The summed E-state index contributed by atoms with van der Waals surface area (Å²) in [6, 6.07) is 15.8. The Hall–Kier alpha value is -3.42. The number of nitrogens with zero attached hydrogens (tertiary/aromatic N) is 3. The highest BCUT2D eigenvalue weighted by Gasteiger charge is 2.31. The summed E-state index contributed by atoms with van der Waals surface area (Å²) in [6.45, 7) is 10.2. The molecule has 3 aromatic rings. The van der Waals surface area contributed by atoms with Crippen LogP contribution in [0, 0.1) is 6.92 Å². The van der Waals surface area contributed by atoms with Crippen molar-refractivity contribution in [1.82, 2.24) is 14.7 Å². The summed E-state index contributed by atoms with van der Waals surface area (Å²) in [5.74, 6) is 0.681. The van der Waals surface area contributed by atoms with Crippen LogP contribution in [0.25, 0.3) is 23.0 Å². The predicted molar refractivity (Wildman–Crippen MR) is 140 cm³/mol. The van der Waals surface area contributed by atoms with Crippen molar-refractivity contribution in [2.45, 2.75) is 6.92 Å². The minimum atomic E-state index is -0.118. The molecule has 166 valence electrons.